The van der Waals surface area contributed by atoms with E-state index in [0.29, 0.717) is 5.56 Å². The van der Waals surface area contributed by atoms with Gasteiger partial charge >= 0.3 is 5.97 Å². The van der Waals surface area contributed by atoms with Crippen LogP contribution in [-0.2, 0) is 11.2 Å². The van der Waals surface area contributed by atoms with Gasteiger partial charge in [0.05, 0.1) is 5.41 Å². The normalized spacial score (nSPS) is 11.7. The van der Waals surface area contributed by atoms with Crippen LogP contribution in [0.5, 0.6) is 5.75 Å². The highest BCUT2D eigenvalue weighted by molar-refractivity contribution is 9.10. The zero-order chi connectivity index (χ0) is 14.2. The summed E-state index contributed by atoms with van der Waals surface area (Å²) in [4.78, 5) is 11.2. The van der Waals surface area contributed by atoms with E-state index in [1.807, 2.05) is 24.3 Å². The summed E-state index contributed by atoms with van der Waals surface area (Å²) in [7, 11) is 0. The third kappa shape index (κ3) is 2.73. The molecule has 0 saturated heterocycles. The summed E-state index contributed by atoms with van der Waals surface area (Å²) in [6.07, 6.45) is 0.285. The van der Waals surface area contributed by atoms with Gasteiger partial charge in [-0.25, -0.2) is 0 Å². The van der Waals surface area contributed by atoms with Crippen LogP contribution in [0.15, 0.2) is 34.8 Å². The standard InChI is InChI=1S/C15H15BrO3/c1-15(2,14(18)19)8-12-11-5-4-10(16)7-9(11)3-6-13(12)17/h3-7,17H,8H2,1-2H3,(H,18,19). The lowest BCUT2D eigenvalue weighted by molar-refractivity contribution is -0.146. The zero-order valence-electron chi connectivity index (χ0n) is 10.8. The van der Waals surface area contributed by atoms with Crippen LogP contribution in [0.25, 0.3) is 10.8 Å². The average molecular weight is 323 g/mol. The predicted octanol–water partition coefficient (Wildman–Crippen LogP) is 3.96. The first-order valence-corrected chi connectivity index (χ1v) is 6.74. The molecule has 0 heterocycles. The molecule has 0 aliphatic rings. The Labute approximate surface area is 120 Å². The Morgan fingerprint density at radius 1 is 1.26 bits per heavy atom. The molecule has 2 N–H and O–H groups in total. The van der Waals surface area contributed by atoms with Crippen LogP contribution in [0.3, 0.4) is 0 Å². The van der Waals surface area contributed by atoms with Gasteiger partial charge in [-0.2, -0.15) is 0 Å². The van der Waals surface area contributed by atoms with E-state index in [2.05, 4.69) is 15.9 Å². The maximum atomic E-state index is 11.2. The number of aromatic hydroxyl groups is 1. The number of hydrogen-bond donors (Lipinski definition) is 2. The Morgan fingerprint density at radius 2 is 1.95 bits per heavy atom. The van der Waals surface area contributed by atoms with Gasteiger partial charge in [-0.15, -0.1) is 0 Å². The van der Waals surface area contributed by atoms with E-state index in [-0.39, 0.29) is 12.2 Å². The van der Waals surface area contributed by atoms with Crippen LogP contribution < -0.4 is 0 Å². The van der Waals surface area contributed by atoms with Crippen LogP contribution >= 0.6 is 15.9 Å². The van der Waals surface area contributed by atoms with Crippen LogP contribution in [-0.4, -0.2) is 16.2 Å². The van der Waals surface area contributed by atoms with Gasteiger partial charge in [0.2, 0.25) is 0 Å². The van der Waals surface area contributed by atoms with Crippen molar-refractivity contribution >= 4 is 32.7 Å². The van der Waals surface area contributed by atoms with Gasteiger partial charge in [0.1, 0.15) is 5.75 Å². The number of phenolic OH excluding ortho intramolecular Hbond substituents is 1. The lowest BCUT2D eigenvalue weighted by Crippen LogP contribution is -2.26. The van der Waals surface area contributed by atoms with Crippen molar-refractivity contribution in [2.75, 3.05) is 0 Å². The van der Waals surface area contributed by atoms with Crippen molar-refractivity contribution in [3.63, 3.8) is 0 Å². The number of carboxylic acid groups (broad SMARTS) is 1. The molecule has 100 valence electrons. The van der Waals surface area contributed by atoms with Crippen LogP contribution in [0.4, 0.5) is 0 Å². The van der Waals surface area contributed by atoms with Crippen LogP contribution in [0.2, 0.25) is 0 Å². The Morgan fingerprint density at radius 3 is 2.58 bits per heavy atom. The number of carbonyl (C=O) groups is 1. The van der Waals surface area contributed by atoms with Gasteiger partial charge in [-0.1, -0.05) is 28.1 Å². The summed E-state index contributed by atoms with van der Waals surface area (Å²) in [5.41, 5.74) is -0.240. The molecular formula is C15H15BrO3. The van der Waals surface area contributed by atoms with Gasteiger partial charge in [0.15, 0.2) is 0 Å². The number of aliphatic carboxylic acids is 1. The number of carboxylic acids is 1. The smallest absolute Gasteiger partial charge is 0.309 e. The fourth-order valence-corrected chi connectivity index (χ4v) is 2.44. The molecule has 2 rings (SSSR count). The fourth-order valence-electron chi connectivity index (χ4n) is 2.06. The van der Waals surface area contributed by atoms with Crippen molar-refractivity contribution in [2.45, 2.75) is 20.3 Å². The molecule has 4 heteroatoms. The summed E-state index contributed by atoms with van der Waals surface area (Å²) < 4.78 is 0.953. The Bertz CT molecular complexity index is 647. The van der Waals surface area contributed by atoms with E-state index in [1.165, 1.54) is 0 Å². The minimum absolute atomic E-state index is 0.143. The number of halogens is 1. The molecule has 0 radical (unpaired) electrons. The van der Waals surface area contributed by atoms with E-state index in [9.17, 15) is 15.0 Å². The zero-order valence-corrected chi connectivity index (χ0v) is 12.4. The highest BCUT2D eigenvalue weighted by atomic mass is 79.9. The summed E-state index contributed by atoms with van der Waals surface area (Å²) in [6, 6.07) is 9.17. The Kier molecular flexibility index (Phi) is 3.54. The van der Waals surface area contributed by atoms with Gasteiger partial charge in [-0.3, -0.25) is 4.79 Å². The van der Waals surface area contributed by atoms with E-state index in [0.717, 1.165) is 15.2 Å². The van der Waals surface area contributed by atoms with Crippen molar-refractivity contribution in [3.05, 3.63) is 40.4 Å². The number of benzene rings is 2. The van der Waals surface area contributed by atoms with E-state index in [1.54, 1.807) is 19.9 Å². The molecule has 0 fully saturated rings. The molecular weight excluding hydrogens is 308 g/mol. The van der Waals surface area contributed by atoms with E-state index < -0.39 is 11.4 Å². The van der Waals surface area contributed by atoms with Gasteiger partial charge in [0.25, 0.3) is 0 Å². The molecule has 0 saturated carbocycles. The highest BCUT2D eigenvalue weighted by Crippen LogP contribution is 2.34. The molecule has 0 aromatic heterocycles. The van der Waals surface area contributed by atoms with E-state index >= 15 is 0 Å². The maximum absolute atomic E-state index is 11.2. The summed E-state index contributed by atoms with van der Waals surface area (Å²) >= 11 is 3.40. The van der Waals surface area contributed by atoms with Crippen molar-refractivity contribution in [1.29, 1.82) is 0 Å². The first-order valence-electron chi connectivity index (χ1n) is 5.95. The minimum atomic E-state index is -0.918. The summed E-state index contributed by atoms with van der Waals surface area (Å²) in [5.74, 6) is -0.731. The lowest BCUT2D eigenvalue weighted by atomic mass is 9.84. The van der Waals surface area contributed by atoms with Crippen molar-refractivity contribution in [2.24, 2.45) is 5.41 Å². The quantitative estimate of drug-likeness (QED) is 0.899. The maximum Gasteiger partial charge on any atom is 0.309 e. The molecule has 0 bridgehead atoms. The summed E-state index contributed by atoms with van der Waals surface area (Å²) in [6.45, 7) is 3.32. The number of rotatable bonds is 3. The van der Waals surface area contributed by atoms with Gasteiger partial charge < -0.3 is 10.2 Å². The number of hydrogen-bond acceptors (Lipinski definition) is 2. The monoisotopic (exact) mass is 322 g/mol. The highest BCUT2D eigenvalue weighted by Gasteiger charge is 2.29. The molecule has 0 aliphatic heterocycles. The first kappa shape index (κ1) is 13.9. The fraction of sp³-hybridized carbons (Fsp3) is 0.267. The Hall–Kier alpha value is -1.55. The van der Waals surface area contributed by atoms with Gasteiger partial charge in [-0.05, 0) is 49.2 Å². The van der Waals surface area contributed by atoms with Crippen LogP contribution in [0, 0.1) is 5.41 Å². The molecule has 0 aliphatic carbocycles. The van der Waals surface area contributed by atoms with Crippen molar-refractivity contribution < 1.29 is 15.0 Å². The molecule has 0 amide bonds. The topological polar surface area (TPSA) is 57.5 Å². The molecule has 2 aromatic carbocycles. The second-order valence-corrected chi connectivity index (χ2v) is 6.21. The predicted molar refractivity (Wildman–Crippen MR) is 78.4 cm³/mol. The molecule has 2 aromatic rings. The average Bonchev–Trinajstić information content (AvgIpc) is 2.32. The second-order valence-electron chi connectivity index (χ2n) is 5.29. The molecule has 0 spiro atoms. The minimum Gasteiger partial charge on any atom is -0.508 e. The van der Waals surface area contributed by atoms with Crippen LogP contribution in [0.1, 0.15) is 19.4 Å². The first-order chi connectivity index (χ1) is 8.81. The second kappa shape index (κ2) is 4.85. The number of fused-ring (bicyclic) bond motifs is 1. The third-order valence-corrected chi connectivity index (χ3v) is 3.76. The molecule has 19 heavy (non-hydrogen) atoms. The molecule has 3 nitrogen and oxygen atoms in total. The SMILES string of the molecule is CC(C)(Cc1c(O)ccc2cc(Br)ccc12)C(=O)O. The molecule has 0 unspecified atom stereocenters. The van der Waals surface area contributed by atoms with Gasteiger partial charge in [0, 0.05) is 10.0 Å². The lowest BCUT2D eigenvalue weighted by Gasteiger charge is -2.21. The number of phenols is 1. The Balaban J connectivity index is 2.59. The van der Waals surface area contributed by atoms with Crippen molar-refractivity contribution in [3.8, 4) is 5.75 Å². The third-order valence-electron chi connectivity index (χ3n) is 3.27. The van der Waals surface area contributed by atoms with E-state index in [4.69, 9.17) is 0 Å². The largest absolute Gasteiger partial charge is 0.508 e. The molecule has 0 atom stereocenters. The summed E-state index contributed by atoms with van der Waals surface area (Å²) in [5, 5.41) is 21.1. The van der Waals surface area contributed by atoms with Crippen molar-refractivity contribution in [1.82, 2.24) is 0 Å².